The van der Waals surface area contributed by atoms with Gasteiger partial charge in [0, 0.05) is 0 Å². The van der Waals surface area contributed by atoms with E-state index in [1.807, 2.05) is 31.2 Å². The van der Waals surface area contributed by atoms with Crippen LogP contribution in [0.5, 0.6) is 0 Å². The van der Waals surface area contributed by atoms with Gasteiger partial charge in [0.1, 0.15) is 6.04 Å². The van der Waals surface area contributed by atoms with Gasteiger partial charge < -0.3 is 10.4 Å². The third-order valence-corrected chi connectivity index (χ3v) is 5.12. The molecule has 0 spiro atoms. The zero-order valence-corrected chi connectivity index (χ0v) is 13.0. The maximum absolute atomic E-state index is 12.8. The minimum Gasteiger partial charge on any atom is -0.480 e. The molecule has 2 aliphatic rings. The second-order valence-corrected chi connectivity index (χ2v) is 6.85. The van der Waals surface area contributed by atoms with E-state index in [-0.39, 0.29) is 5.91 Å². The van der Waals surface area contributed by atoms with E-state index in [1.165, 1.54) is 0 Å². The Morgan fingerprint density at radius 1 is 1.27 bits per heavy atom. The first kappa shape index (κ1) is 15.1. The topological polar surface area (TPSA) is 66.4 Å². The average Bonchev–Trinajstić information content (AvgIpc) is 3.23. The molecule has 1 amide bonds. The lowest BCUT2D eigenvalue weighted by atomic mass is 9.63. The van der Waals surface area contributed by atoms with E-state index in [1.54, 1.807) is 0 Å². The fourth-order valence-corrected chi connectivity index (χ4v) is 3.25. The summed E-state index contributed by atoms with van der Waals surface area (Å²) < 4.78 is 0. The molecule has 2 aliphatic carbocycles. The number of carboxylic acid groups (broad SMARTS) is 1. The number of carboxylic acids is 1. The highest BCUT2D eigenvalue weighted by Gasteiger charge is 2.46. The summed E-state index contributed by atoms with van der Waals surface area (Å²) in [5.41, 5.74) is 1.65. The molecule has 0 aliphatic heterocycles. The highest BCUT2D eigenvalue weighted by molar-refractivity contribution is 5.92. The maximum Gasteiger partial charge on any atom is 0.326 e. The summed E-state index contributed by atoms with van der Waals surface area (Å²) in [6.07, 6.45) is 5.35. The van der Waals surface area contributed by atoms with E-state index in [0.29, 0.717) is 12.3 Å². The van der Waals surface area contributed by atoms with Crippen LogP contribution in [0.3, 0.4) is 0 Å². The number of aliphatic carboxylic acids is 1. The Labute approximate surface area is 130 Å². The van der Waals surface area contributed by atoms with Crippen molar-refractivity contribution in [3.63, 3.8) is 0 Å². The van der Waals surface area contributed by atoms with Gasteiger partial charge in [-0.1, -0.05) is 49.1 Å². The largest absolute Gasteiger partial charge is 0.480 e. The SMILES string of the molecule is Cc1ccc(C2(C(=O)NC(CC3CC3)C(=O)O)CCC2)cc1. The number of nitrogens with one attached hydrogen (secondary N) is 1. The van der Waals surface area contributed by atoms with Crippen LogP contribution in [0.4, 0.5) is 0 Å². The number of benzene rings is 1. The van der Waals surface area contributed by atoms with Crippen LogP contribution in [0, 0.1) is 12.8 Å². The van der Waals surface area contributed by atoms with Crippen LogP contribution in [0.2, 0.25) is 0 Å². The number of aryl methyl sites for hydroxylation is 1. The Morgan fingerprint density at radius 3 is 2.36 bits per heavy atom. The van der Waals surface area contributed by atoms with Gasteiger partial charge in [0.05, 0.1) is 5.41 Å². The van der Waals surface area contributed by atoms with E-state index in [2.05, 4.69) is 5.32 Å². The summed E-state index contributed by atoms with van der Waals surface area (Å²) in [4.78, 5) is 24.2. The maximum atomic E-state index is 12.8. The van der Waals surface area contributed by atoms with E-state index in [4.69, 9.17) is 0 Å². The van der Waals surface area contributed by atoms with Crippen molar-refractivity contribution in [1.29, 1.82) is 0 Å². The van der Waals surface area contributed by atoms with E-state index in [9.17, 15) is 14.7 Å². The number of carbonyl (C=O) groups excluding carboxylic acids is 1. The van der Waals surface area contributed by atoms with Crippen molar-refractivity contribution in [2.45, 2.75) is 56.9 Å². The molecule has 4 heteroatoms. The van der Waals surface area contributed by atoms with Crippen molar-refractivity contribution in [1.82, 2.24) is 5.32 Å². The summed E-state index contributed by atoms with van der Waals surface area (Å²) in [7, 11) is 0. The standard InChI is InChI=1S/C18H23NO3/c1-12-3-7-14(8-4-12)18(9-2-10-18)17(22)19-15(16(20)21)11-13-5-6-13/h3-4,7-8,13,15H,2,5-6,9-11H2,1H3,(H,19,22)(H,20,21). The molecule has 2 saturated carbocycles. The number of carbonyl (C=O) groups is 2. The molecule has 1 aromatic carbocycles. The third-order valence-electron chi connectivity index (χ3n) is 5.12. The Kier molecular flexibility index (Phi) is 3.94. The lowest BCUT2D eigenvalue weighted by Gasteiger charge is -2.41. The molecule has 4 nitrogen and oxygen atoms in total. The van der Waals surface area contributed by atoms with E-state index in [0.717, 1.165) is 43.2 Å². The molecule has 0 bridgehead atoms. The fraction of sp³-hybridized carbons (Fsp3) is 0.556. The fourth-order valence-electron chi connectivity index (χ4n) is 3.25. The van der Waals surface area contributed by atoms with Gasteiger partial charge in [0.2, 0.25) is 5.91 Å². The van der Waals surface area contributed by atoms with Crippen molar-refractivity contribution < 1.29 is 14.7 Å². The molecule has 3 rings (SSSR count). The van der Waals surface area contributed by atoms with Crippen molar-refractivity contribution in [2.24, 2.45) is 5.92 Å². The van der Waals surface area contributed by atoms with Gasteiger partial charge in [0.15, 0.2) is 0 Å². The molecular weight excluding hydrogens is 278 g/mol. The van der Waals surface area contributed by atoms with Crippen molar-refractivity contribution >= 4 is 11.9 Å². The molecule has 0 saturated heterocycles. The molecule has 1 unspecified atom stereocenters. The summed E-state index contributed by atoms with van der Waals surface area (Å²) in [5.74, 6) is -0.563. The molecule has 2 N–H and O–H groups in total. The summed E-state index contributed by atoms with van der Waals surface area (Å²) in [6.45, 7) is 2.02. The Balaban J connectivity index is 1.75. The predicted molar refractivity (Wildman–Crippen MR) is 83.6 cm³/mol. The monoisotopic (exact) mass is 301 g/mol. The molecule has 0 heterocycles. The zero-order chi connectivity index (χ0) is 15.7. The van der Waals surface area contributed by atoms with Gasteiger partial charge >= 0.3 is 5.97 Å². The average molecular weight is 301 g/mol. The lowest BCUT2D eigenvalue weighted by molar-refractivity contribution is -0.144. The summed E-state index contributed by atoms with van der Waals surface area (Å²) in [6, 6.07) is 7.29. The van der Waals surface area contributed by atoms with Gasteiger partial charge in [-0.05, 0) is 37.7 Å². The number of hydrogen-bond acceptors (Lipinski definition) is 2. The lowest BCUT2D eigenvalue weighted by Crippen LogP contribution is -2.53. The zero-order valence-electron chi connectivity index (χ0n) is 13.0. The molecule has 22 heavy (non-hydrogen) atoms. The first-order chi connectivity index (χ1) is 10.5. The second-order valence-electron chi connectivity index (χ2n) is 6.85. The van der Waals surface area contributed by atoms with Crippen molar-refractivity contribution in [3.05, 3.63) is 35.4 Å². The summed E-state index contributed by atoms with van der Waals surface area (Å²) >= 11 is 0. The van der Waals surface area contributed by atoms with E-state index < -0.39 is 17.4 Å². The third kappa shape index (κ3) is 2.87. The predicted octanol–water partition coefficient (Wildman–Crippen LogP) is 2.79. The quantitative estimate of drug-likeness (QED) is 0.849. The Hall–Kier alpha value is -1.84. The minimum atomic E-state index is -0.918. The van der Waals surface area contributed by atoms with Crippen LogP contribution >= 0.6 is 0 Å². The first-order valence-corrected chi connectivity index (χ1v) is 8.12. The molecule has 1 atom stereocenters. The molecule has 2 fully saturated rings. The van der Waals surface area contributed by atoms with Gasteiger partial charge in [-0.2, -0.15) is 0 Å². The van der Waals surface area contributed by atoms with Gasteiger partial charge in [-0.15, -0.1) is 0 Å². The smallest absolute Gasteiger partial charge is 0.326 e. The van der Waals surface area contributed by atoms with Crippen molar-refractivity contribution in [2.75, 3.05) is 0 Å². The van der Waals surface area contributed by atoms with Crippen LogP contribution in [-0.4, -0.2) is 23.0 Å². The highest BCUT2D eigenvalue weighted by atomic mass is 16.4. The minimum absolute atomic E-state index is 0.115. The molecule has 0 radical (unpaired) electrons. The van der Waals surface area contributed by atoms with E-state index >= 15 is 0 Å². The number of hydrogen-bond donors (Lipinski definition) is 2. The second kappa shape index (κ2) is 5.75. The van der Waals surface area contributed by atoms with Crippen LogP contribution in [0.25, 0.3) is 0 Å². The van der Waals surface area contributed by atoms with Crippen LogP contribution in [0.1, 0.15) is 49.7 Å². The van der Waals surface area contributed by atoms with Crippen LogP contribution in [0.15, 0.2) is 24.3 Å². The highest BCUT2D eigenvalue weighted by Crippen LogP contribution is 2.44. The van der Waals surface area contributed by atoms with Crippen LogP contribution < -0.4 is 5.32 Å². The molecule has 1 aromatic rings. The van der Waals surface area contributed by atoms with Crippen LogP contribution in [-0.2, 0) is 15.0 Å². The van der Waals surface area contributed by atoms with Gasteiger partial charge in [-0.25, -0.2) is 4.79 Å². The number of rotatable bonds is 6. The Morgan fingerprint density at radius 2 is 1.91 bits per heavy atom. The molecule has 0 aromatic heterocycles. The molecule has 118 valence electrons. The van der Waals surface area contributed by atoms with Gasteiger partial charge in [0.25, 0.3) is 0 Å². The molecular formula is C18H23NO3. The normalized spacial score (nSPS) is 20.8. The summed E-state index contributed by atoms with van der Waals surface area (Å²) in [5, 5.41) is 12.2. The Bertz CT molecular complexity index is 570. The number of amides is 1. The first-order valence-electron chi connectivity index (χ1n) is 8.12. The van der Waals surface area contributed by atoms with Crippen molar-refractivity contribution in [3.8, 4) is 0 Å². The van der Waals surface area contributed by atoms with Gasteiger partial charge in [-0.3, -0.25) is 4.79 Å².